The van der Waals surface area contributed by atoms with Crippen LogP contribution < -0.4 is 26.0 Å². The highest BCUT2D eigenvalue weighted by atomic mass is 35.5. The van der Waals surface area contributed by atoms with Crippen LogP contribution in [0.5, 0.6) is 11.5 Å². The maximum absolute atomic E-state index is 6.95. The van der Waals surface area contributed by atoms with Crippen molar-refractivity contribution in [3.8, 4) is 56.0 Å². The van der Waals surface area contributed by atoms with Gasteiger partial charge in [-0.3, -0.25) is 0 Å². The molecule has 0 atom stereocenters. The van der Waals surface area contributed by atoms with Gasteiger partial charge in [0.25, 0.3) is 6.71 Å². The third-order valence-corrected chi connectivity index (χ3v) is 11.6. The number of benzene rings is 8. The Hall–Kier alpha value is -6.29. The maximum Gasteiger partial charge on any atom is 0.256 e. The first-order chi connectivity index (χ1) is 27.3. The van der Waals surface area contributed by atoms with E-state index in [1.54, 1.807) is 0 Å². The molecule has 8 aromatic carbocycles. The Morgan fingerprint density at radius 2 is 1.02 bits per heavy atom. The Morgan fingerprint density at radius 3 is 1.59 bits per heavy atom. The molecule has 56 heavy (non-hydrogen) atoms. The second kappa shape index (κ2) is 13.5. The van der Waals surface area contributed by atoms with Gasteiger partial charge in [-0.25, -0.2) is 0 Å². The Labute approximate surface area is 334 Å². The molecule has 0 saturated carbocycles. The van der Waals surface area contributed by atoms with E-state index in [-0.39, 0.29) is 12.1 Å². The fraction of sp³-hybridized carbons (Fsp3) is 0.0769. The van der Waals surface area contributed by atoms with Crippen molar-refractivity contribution in [3.05, 3.63) is 193 Å². The van der Waals surface area contributed by atoms with Gasteiger partial charge in [0.05, 0.1) is 5.69 Å². The van der Waals surface area contributed by atoms with Gasteiger partial charge in [0.15, 0.2) is 0 Å². The highest BCUT2D eigenvalue weighted by Gasteiger charge is 2.44. The molecule has 2 aliphatic rings. The fourth-order valence-corrected chi connectivity index (χ4v) is 8.72. The third-order valence-electron chi connectivity index (χ3n) is 11.3. The van der Waals surface area contributed by atoms with Gasteiger partial charge in [-0.1, -0.05) is 172 Å². The highest BCUT2D eigenvalue weighted by Crippen LogP contribution is 2.51. The van der Waals surface area contributed by atoms with Crippen LogP contribution in [-0.2, 0) is 5.41 Å². The number of rotatable bonds is 5. The summed E-state index contributed by atoms with van der Waals surface area (Å²) in [7, 11) is 0. The van der Waals surface area contributed by atoms with Crippen molar-refractivity contribution < 1.29 is 4.74 Å². The first kappa shape index (κ1) is 34.2. The van der Waals surface area contributed by atoms with Gasteiger partial charge in [-0.05, 0) is 103 Å². The maximum atomic E-state index is 6.95. The van der Waals surface area contributed by atoms with E-state index in [9.17, 15) is 0 Å². The quantitative estimate of drug-likeness (QED) is 0.163. The zero-order valence-electron chi connectivity index (χ0n) is 31.6. The summed E-state index contributed by atoms with van der Waals surface area (Å²) in [6, 6.07) is 65.7. The Morgan fingerprint density at radius 1 is 0.464 bits per heavy atom. The Bertz CT molecular complexity index is 2700. The van der Waals surface area contributed by atoms with E-state index in [2.05, 4.69) is 196 Å². The predicted octanol–water partition coefficient (Wildman–Crippen LogP) is 12.7. The van der Waals surface area contributed by atoms with Gasteiger partial charge in [0.1, 0.15) is 11.5 Å². The second-order valence-corrected chi connectivity index (χ2v) is 16.3. The van der Waals surface area contributed by atoms with Crippen molar-refractivity contribution >= 4 is 51.8 Å². The molecule has 0 N–H and O–H groups in total. The number of ether oxygens (including phenoxy) is 1. The van der Waals surface area contributed by atoms with Crippen molar-refractivity contribution in [1.82, 2.24) is 0 Å². The molecule has 0 aliphatic carbocycles. The van der Waals surface area contributed by atoms with Crippen molar-refractivity contribution in [3.63, 3.8) is 0 Å². The summed E-state index contributed by atoms with van der Waals surface area (Å²) in [5.74, 6) is 1.68. The second-order valence-electron chi connectivity index (χ2n) is 15.9. The molecule has 4 heteroatoms. The van der Waals surface area contributed by atoms with Gasteiger partial charge in [-0.2, -0.15) is 0 Å². The van der Waals surface area contributed by atoms with Crippen molar-refractivity contribution in [2.75, 3.05) is 4.90 Å². The minimum Gasteiger partial charge on any atom is -0.458 e. The first-order valence-electron chi connectivity index (χ1n) is 19.3. The van der Waals surface area contributed by atoms with Gasteiger partial charge in [0.2, 0.25) is 0 Å². The molecule has 2 heterocycles. The predicted molar refractivity (Wildman–Crippen MR) is 238 cm³/mol. The van der Waals surface area contributed by atoms with Crippen LogP contribution in [0.25, 0.3) is 44.5 Å². The molecule has 0 saturated heterocycles. The molecule has 2 nitrogen and oxygen atoms in total. The minimum atomic E-state index is -0.149. The van der Waals surface area contributed by atoms with Gasteiger partial charge < -0.3 is 9.64 Å². The van der Waals surface area contributed by atoms with E-state index in [0.29, 0.717) is 5.02 Å². The van der Waals surface area contributed by atoms with Crippen molar-refractivity contribution in [2.24, 2.45) is 0 Å². The topological polar surface area (TPSA) is 12.5 Å². The zero-order chi connectivity index (χ0) is 38.0. The van der Waals surface area contributed by atoms with E-state index in [0.717, 1.165) is 61.7 Å². The molecule has 0 fully saturated rings. The molecular formula is C52H39BClNO. The molecular weight excluding hydrogens is 701 g/mol. The van der Waals surface area contributed by atoms with Crippen LogP contribution in [-0.4, -0.2) is 6.71 Å². The third kappa shape index (κ3) is 5.82. The smallest absolute Gasteiger partial charge is 0.256 e. The lowest BCUT2D eigenvalue weighted by Crippen LogP contribution is -2.59. The van der Waals surface area contributed by atoms with Crippen molar-refractivity contribution in [1.29, 1.82) is 0 Å². The molecule has 0 bridgehead atoms. The largest absolute Gasteiger partial charge is 0.458 e. The summed E-state index contributed by atoms with van der Waals surface area (Å²) >= 11 is 6.67. The summed E-state index contributed by atoms with van der Waals surface area (Å²) in [5.41, 5.74) is 17.3. The van der Waals surface area contributed by atoms with Crippen molar-refractivity contribution in [2.45, 2.75) is 26.2 Å². The number of anilines is 3. The average molecular weight is 740 g/mol. The van der Waals surface area contributed by atoms with E-state index >= 15 is 0 Å². The molecule has 268 valence electrons. The van der Waals surface area contributed by atoms with E-state index in [1.165, 1.54) is 33.3 Å². The number of hydrogen-bond acceptors (Lipinski definition) is 2. The number of nitrogens with zero attached hydrogens (tertiary/aromatic N) is 1. The summed E-state index contributed by atoms with van der Waals surface area (Å²) in [6.45, 7) is 6.76. The standard InChI is InChI=1S/C52H39BClNO/c1-52(2,3)40-31-47-50-49(32-40)56-48-33-41(54)25-26-44(48)53(50)45-30-38(34-16-8-4-9-17-34)24-27-46(45)55(47)51-42(36-20-12-6-13-21-36)28-39(35-18-10-5-11-19-35)29-43(51)37-22-14-7-15-23-37/h4-33H,1-3H3. The summed E-state index contributed by atoms with van der Waals surface area (Å²) in [5, 5.41) is 0.661. The lowest BCUT2D eigenvalue weighted by molar-refractivity contribution is 0.483. The van der Waals surface area contributed by atoms with Crippen LogP contribution in [0.4, 0.5) is 17.1 Å². The van der Waals surface area contributed by atoms with E-state index in [4.69, 9.17) is 16.3 Å². The zero-order valence-corrected chi connectivity index (χ0v) is 32.4. The van der Waals surface area contributed by atoms with E-state index in [1.807, 2.05) is 12.1 Å². The summed E-state index contributed by atoms with van der Waals surface area (Å²) < 4.78 is 6.95. The minimum absolute atomic E-state index is 0.0751. The monoisotopic (exact) mass is 739 g/mol. The molecule has 0 radical (unpaired) electrons. The van der Waals surface area contributed by atoms with Crippen LogP contribution in [0.3, 0.4) is 0 Å². The summed E-state index contributed by atoms with van der Waals surface area (Å²) in [6.07, 6.45) is 0. The van der Waals surface area contributed by atoms with Crippen LogP contribution >= 0.6 is 11.6 Å². The number of fused-ring (bicyclic) bond motifs is 4. The highest BCUT2D eigenvalue weighted by molar-refractivity contribution is 6.99. The van der Waals surface area contributed by atoms with E-state index < -0.39 is 0 Å². The SMILES string of the molecule is CC(C)(C)c1cc2c3c(c1)N(c1c(-c4ccccc4)cc(-c4ccccc4)cc1-c1ccccc1)c1ccc(-c4ccccc4)cc1B3c1ccc(Cl)cc1O2. The van der Waals surface area contributed by atoms with Gasteiger partial charge in [0, 0.05) is 27.5 Å². The number of halogens is 1. The lowest BCUT2D eigenvalue weighted by atomic mass is 9.34. The van der Waals surface area contributed by atoms with Crippen LogP contribution in [0, 0.1) is 0 Å². The average Bonchev–Trinajstić information content (AvgIpc) is 3.23. The summed E-state index contributed by atoms with van der Waals surface area (Å²) in [4.78, 5) is 2.54. The van der Waals surface area contributed by atoms with Crippen LogP contribution in [0.2, 0.25) is 5.02 Å². The molecule has 0 spiro atoms. The molecule has 0 unspecified atom stereocenters. The molecule has 2 aliphatic heterocycles. The molecule has 0 aromatic heterocycles. The Kier molecular flexibility index (Phi) is 8.24. The molecule has 8 aromatic rings. The fourth-order valence-electron chi connectivity index (χ4n) is 8.55. The molecule has 0 amide bonds. The normalized spacial score (nSPS) is 12.7. The lowest BCUT2D eigenvalue weighted by Gasteiger charge is -2.42. The number of hydrogen-bond donors (Lipinski definition) is 0. The van der Waals surface area contributed by atoms with Gasteiger partial charge in [-0.15, -0.1) is 0 Å². The first-order valence-corrected chi connectivity index (χ1v) is 19.7. The Balaban J connectivity index is 1.36. The van der Waals surface area contributed by atoms with Crippen LogP contribution in [0.15, 0.2) is 182 Å². The van der Waals surface area contributed by atoms with Crippen LogP contribution in [0.1, 0.15) is 26.3 Å². The molecule has 10 rings (SSSR count). The van der Waals surface area contributed by atoms with Gasteiger partial charge >= 0.3 is 0 Å².